The lowest BCUT2D eigenvalue weighted by Crippen LogP contribution is -2.25. The summed E-state index contributed by atoms with van der Waals surface area (Å²) < 4.78 is 0. The Balaban J connectivity index is 1.90. The summed E-state index contributed by atoms with van der Waals surface area (Å²) in [4.78, 5) is 25.0. The molecule has 0 bridgehead atoms. The van der Waals surface area contributed by atoms with Crippen LogP contribution in [0.1, 0.15) is 18.4 Å². The van der Waals surface area contributed by atoms with Crippen LogP contribution < -0.4 is 26.7 Å². The van der Waals surface area contributed by atoms with Gasteiger partial charge in [0.2, 0.25) is 5.84 Å². The van der Waals surface area contributed by atoms with Gasteiger partial charge in [-0.05, 0) is 31.0 Å². The molecular formula is C20H23N8O+. The third-order valence-electron chi connectivity index (χ3n) is 4.60. The van der Waals surface area contributed by atoms with Crippen LogP contribution in [0.5, 0.6) is 0 Å². The zero-order chi connectivity index (χ0) is 20.8. The van der Waals surface area contributed by atoms with Gasteiger partial charge in [-0.2, -0.15) is 5.26 Å². The molecule has 2 heterocycles. The number of rotatable bonds is 6. The lowest BCUT2D eigenvalue weighted by atomic mass is 10.1. The number of amides is 1. The fourth-order valence-electron chi connectivity index (χ4n) is 3.18. The maximum atomic E-state index is 11.3. The molecule has 29 heavy (non-hydrogen) atoms. The lowest BCUT2D eigenvalue weighted by Gasteiger charge is -2.19. The number of H-pyrrole nitrogens is 1. The minimum atomic E-state index is -0.640. The monoisotopic (exact) mass is 391 g/mol. The second-order valence-corrected chi connectivity index (χ2v) is 6.55. The van der Waals surface area contributed by atoms with Crippen molar-refractivity contribution >= 4 is 23.4 Å². The van der Waals surface area contributed by atoms with Gasteiger partial charge in [-0.1, -0.05) is 9.98 Å². The maximum absolute atomic E-state index is 11.3. The van der Waals surface area contributed by atoms with Crippen LogP contribution in [0.3, 0.4) is 0 Å². The van der Waals surface area contributed by atoms with Crippen molar-refractivity contribution in [2.45, 2.75) is 12.8 Å². The molecule has 1 fully saturated rings. The molecule has 0 aliphatic carbocycles. The number of nitrogens with one attached hydrogen (secondary N) is 2. The third-order valence-corrected chi connectivity index (χ3v) is 4.60. The molecule has 1 saturated heterocycles. The van der Waals surface area contributed by atoms with Crippen molar-refractivity contribution in [3.8, 4) is 17.3 Å². The number of carbonyl (C=O) groups is 1. The fourth-order valence-corrected chi connectivity index (χ4v) is 3.18. The summed E-state index contributed by atoms with van der Waals surface area (Å²) in [7, 11) is 1.56. The second-order valence-electron chi connectivity index (χ2n) is 6.55. The Labute approximate surface area is 168 Å². The highest BCUT2D eigenvalue weighted by Gasteiger charge is 2.18. The quantitative estimate of drug-likeness (QED) is 0.373. The van der Waals surface area contributed by atoms with Crippen LogP contribution in [0.25, 0.3) is 11.3 Å². The molecule has 0 radical (unpaired) electrons. The zero-order valence-electron chi connectivity index (χ0n) is 16.1. The molecule has 1 aromatic carbocycles. The summed E-state index contributed by atoms with van der Waals surface area (Å²) in [5.41, 5.74) is 14.3. The van der Waals surface area contributed by atoms with Gasteiger partial charge in [0.15, 0.2) is 5.69 Å². The van der Waals surface area contributed by atoms with E-state index in [0.29, 0.717) is 11.3 Å². The van der Waals surface area contributed by atoms with Crippen molar-refractivity contribution in [3.05, 3.63) is 47.8 Å². The fraction of sp³-hybridized carbons (Fsp3) is 0.250. The van der Waals surface area contributed by atoms with Gasteiger partial charge in [0.1, 0.15) is 11.8 Å². The van der Waals surface area contributed by atoms with Crippen LogP contribution in [0.15, 0.2) is 47.2 Å². The number of amidine groups is 1. The lowest BCUT2D eigenvalue weighted by molar-refractivity contribution is -0.366. The predicted molar refractivity (Wildman–Crippen MR) is 110 cm³/mol. The molecule has 1 amide bonds. The smallest absolute Gasteiger partial charge is 0.384 e. The van der Waals surface area contributed by atoms with Crippen molar-refractivity contribution in [1.82, 2.24) is 10.3 Å². The van der Waals surface area contributed by atoms with Crippen molar-refractivity contribution in [3.63, 3.8) is 0 Å². The molecular weight excluding hydrogens is 368 g/mol. The molecule has 0 spiro atoms. The topological polar surface area (TPSA) is 148 Å². The van der Waals surface area contributed by atoms with Gasteiger partial charge in [-0.15, -0.1) is 0 Å². The van der Waals surface area contributed by atoms with Crippen LogP contribution in [0.2, 0.25) is 0 Å². The van der Waals surface area contributed by atoms with Crippen LogP contribution in [-0.2, 0) is 4.79 Å². The number of aromatic amines is 1. The first-order valence-corrected chi connectivity index (χ1v) is 9.23. The van der Waals surface area contributed by atoms with Crippen LogP contribution in [-0.4, -0.2) is 36.9 Å². The number of nitrogens with two attached hydrogens (primary N) is 2. The van der Waals surface area contributed by atoms with E-state index in [1.807, 2.05) is 18.2 Å². The Kier molecular flexibility index (Phi) is 6.04. The van der Waals surface area contributed by atoms with E-state index in [1.165, 1.54) is 6.08 Å². The molecule has 0 saturated carbocycles. The highest BCUT2D eigenvalue weighted by Crippen LogP contribution is 2.28. The van der Waals surface area contributed by atoms with Gasteiger partial charge in [0.05, 0.1) is 17.4 Å². The number of nitriles is 1. The summed E-state index contributed by atoms with van der Waals surface area (Å²) >= 11 is 0. The van der Waals surface area contributed by atoms with E-state index in [0.717, 1.165) is 37.2 Å². The summed E-state index contributed by atoms with van der Waals surface area (Å²) in [5.74, 6) is -0.312. The number of anilines is 1. The Hall–Kier alpha value is -3.93. The van der Waals surface area contributed by atoms with E-state index in [4.69, 9.17) is 11.5 Å². The number of carbonyl (C=O) groups excluding carboxylic acids is 1. The highest BCUT2D eigenvalue weighted by molar-refractivity contribution is 6.01. The number of benzene rings is 1. The summed E-state index contributed by atoms with van der Waals surface area (Å²) in [6.07, 6.45) is 5.31. The van der Waals surface area contributed by atoms with Gasteiger partial charge in [0.25, 0.3) is 5.91 Å². The van der Waals surface area contributed by atoms with Crippen molar-refractivity contribution in [2.24, 2.45) is 16.5 Å². The van der Waals surface area contributed by atoms with Gasteiger partial charge < -0.3 is 21.7 Å². The van der Waals surface area contributed by atoms with Crippen LogP contribution in [0.4, 0.5) is 11.6 Å². The number of aromatic nitrogens is 2. The van der Waals surface area contributed by atoms with E-state index in [1.54, 1.807) is 19.3 Å². The Morgan fingerprint density at radius 3 is 2.76 bits per heavy atom. The van der Waals surface area contributed by atoms with Gasteiger partial charge >= 0.3 is 5.95 Å². The number of likely N-dealkylation sites (N-methyl/N-ethyl adjacent to an activating group) is 1. The minimum Gasteiger partial charge on any atom is -0.384 e. The molecule has 2 aromatic rings. The average Bonchev–Trinajstić information content (AvgIpc) is 3.26. The molecule has 1 aromatic heterocycles. The van der Waals surface area contributed by atoms with Crippen molar-refractivity contribution in [2.75, 3.05) is 25.0 Å². The largest absolute Gasteiger partial charge is 0.433 e. The number of hydrogen-bond donors (Lipinski definition) is 3. The van der Waals surface area contributed by atoms with E-state index in [-0.39, 0.29) is 17.5 Å². The first-order chi connectivity index (χ1) is 14.0. The maximum Gasteiger partial charge on any atom is 0.433 e. The molecule has 0 unspecified atom stereocenters. The minimum absolute atomic E-state index is 0.0659. The number of primary amides is 1. The SMILES string of the molecule is CN/C(=C\C(N)=N/c1nc(-c2ccc(N3CCCC3)c(C#N)c2)cc[nH+]1)C(N)=O. The highest BCUT2D eigenvalue weighted by atomic mass is 16.1. The van der Waals surface area contributed by atoms with Crippen LogP contribution in [0, 0.1) is 11.3 Å². The number of nitrogens with zero attached hydrogens (tertiary/aromatic N) is 4. The zero-order valence-corrected chi connectivity index (χ0v) is 16.1. The first kappa shape index (κ1) is 19.8. The van der Waals surface area contributed by atoms with Crippen LogP contribution >= 0.6 is 0 Å². The van der Waals surface area contributed by atoms with Crippen molar-refractivity contribution < 1.29 is 9.78 Å². The van der Waals surface area contributed by atoms with Crippen molar-refractivity contribution in [1.29, 1.82) is 5.26 Å². The van der Waals surface area contributed by atoms with E-state index in [2.05, 4.69) is 31.2 Å². The Morgan fingerprint density at radius 1 is 1.34 bits per heavy atom. The van der Waals surface area contributed by atoms with Gasteiger partial charge in [-0.3, -0.25) is 4.79 Å². The van der Waals surface area contributed by atoms with E-state index < -0.39 is 5.91 Å². The van der Waals surface area contributed by atoms with Gasteiger partial charge in [-0.25, -0.2) is 4.98 Å². The summed E-state index contributed by atoms with van der Waals surface area (Å²) in [6.45, 7) is 1.94. The normalized spacial score (nSPS) is 14.6. The standard InChI is InChI=1S/C20H22N8O/c1-24-16(19(23)29)11-18(22)27-20-25-7-6-15(26-20)13-4-5-17(14(10-13)12-21)28-8-2-3-9-28/h4-7,10-11,24H,2-3,8-9H2,1H3,(H2,23,29)(H2,22,25,26,27)/p+1/b16-11-. The first-order valence-electron chi connectivity index (χ1n) is 9.23. The Bertz CT molecular complexity index is 1020. The molecule has 6 N–H and O–H groups in total. The van der Waals surface area contributed by atoms with E-state index >= 15 is 0 Å². The van der Waals surface area contributed by atoms with Gasteiger partial charge in [0, 0.05) is 37.8 Å². The number of hydrogen-bond acceptors (Lipinski definition) is 6. The molecule has 9 nitrogen and oxygen atoms in total. The molecule has 9 heteroatoms. The molecule has 3 rings (SSSR count). The molecule has 1 aliphatic rings. The molecule has 0 atom stereocenters. The van der Waals surface area contributed by atoms with E-state index in [9.17, 15) is 10.1 Å². The Morgan fingerprint density at radius 2 is 2.10 bits per heavy atom. The number of aliphatic imine (C=N–C) groups is 1. The predicted octanol–water partition coefficient (Wildman–Crippen LogP) is 0.612. The molecule has 148 valence electrons. The third kappa shape index (κ3) is 4.68. The second kappa shape index (κ2) is 8.84. The summed E-state index contributed by atoms with van der Waals surface area (Å²) in [6, 6.07) is 9.81. The average molecular weight is 391 g/mol. The molecule has 1 aliphatic heterocycles. The summed E-state index contributed by atoms with van der Waals surface area (Å²) in [5, 5.41) is 12.2.